The molecule has 1 aromatic heterocycles. The highest BCUT2D eigenvalue weighted by atomic mass is 16.5. The Balaban J connectivity index is 2.12. The lowest BCUT2D eigenvalue weighted by atomic mass is 10.0. The molecular weight excluding hydrogens is 262 g/mol. The third-order valence-electron chi connectivity index (χ3n) is 3.85. The minimum absolute atomic E-state index is 0.131. The zero-order chi connectivity index (χ0) is 14.8. The summed E-state index contributed by atoms with van der Waals surface area (Å²) in [6, 6.07) is 6.42. The maximum atomic E-state index is 5.88. The summed E-state index contributed by atoms with van der Waals surface area (Å²) in [6.45, 7) is 10.4. The number of nitrogens with zero attached hydrogens (tertiary/aromatic N) is 2. The van der Waals surface area contributed by atoms with Gasteiger partial charge in [-0.15, -0.1) is 0 Å². The van der Waals surface area contributed by atoms with E-state index in [1.165, 1.54) is 16.6 Å². The average Bonchev–Trinajstić information content (AvgIpc) is 2.50. The molecule has 1 aromatic carbocycles. The molecule has 0 saturated carbocycles. The fourth-order valence-electron chi connectivity index (χ4n) is 2.91. The van der Waals surface area contributed by atoms with Crippen molar-refractivity contribution in [2.24, 2.45) is 0 Å². The summed E-state index contributed by atoms with van der Waals surface area (Å²) in [6.07, 6.45) is 2.05. The van der Waals surface area contributed by atoms with Crippen molar-refractivity contribution >= 4 is 16.5 Å². The number of anilines is 1. The van der Waals surface area contributed by atoms with Crippen LogP contribution < -0.4 is 15.0 Å². The zero-order valence-electron chi connectivity index (χ0n) is 13.0. The van der Waals surface area contributed by atoms with E-state index in [0.717, 1.165) is 37.4 Å². The normalized spacial score (nSPS) is 15.7. The molecule has 0 amide bonds. The van der Waals surface area contributed by atoms with Crippen LogP contribution in [-0.2, 0) is 0 Å². The topological polar surface area (TPSA) is 37.4 Å². The molecule has 0 atom stereocenters. The highest BCUT2D eigenvalue weighted by Gasteiger charge is 2.17. The number of rotatable bonds is 3. The van der Waals surface area contributed by atoms with Crippen molar-refractivity contribution in [2.45, 2.75) is 26.9 Å². The van der Waals surface area contributed by atoms with Gasteiger partial charge in [-0.3, -0.25) is 0 Å². The van der Waals surface area contributed by atoms with E-state index >= 15 is 0 Å². The first kappa shape index (κ1) is 14.1. The molecular formula is C17H23N3O. The lowest BCUT2D eigenvalue weighted by Crippen LogP contribution is -2.43. The second-order valence-electron chi connectivity index (χ2n) is 5.85. The minimum Gasteiger partial charge on any atom is -0.475 e. The molecule has 0 spiro atoms. The van der Waals surface area contributed by atoms with Crippen molar-refractivity contribution in [3.8, 4) is 5.88 Å². The molecule has 2 aromatic rings. The quantitative estimate of drug-likeness (QED) is 0.941. The van der Waals surface area contributed by atoms with Gasteiger partial charge in [0.25, 0.3) is 0 Å². The number of hydrogen-bond acceptors (Lipinski definition) is 4. The van der Waals surface area contributed by atoms with Gasteiger partial charge < -0.3 is 15.0 Å². The Bertz CT molecular complexity index is 633. The van der Waals surface area contributed by atoms with Gasteiger partial charge in [-0.1, -0.05) is 6.07 Å². The van der Waals surface area contributed by atoms with Crippen LogP contribution in [0.2, 0.25) is 0 Å². The first-order valence-corrected chi connectivity index (χ1v) is 7.67. The lowest BCUT2D eigenvalue weighted by molar-refractivity contribution is 0.236. The molecule has 1 N–H and O–H groups in total. The van der Waals surface area contributed by atoms with Crippen LogP contribution >= 0.6 is 0 Å². The van der Waals surface area contributed by atoms with Gasteiger partial charge in [0.2, 0.25) is 5.88 Å². The molecule has 0 bridgehead atoms. The molecule has 0 unspecified atom stereocenters. The number of aromatic nitrogens is 1. The fraction of sp³-hybridized carbons (Fsp3) is 0.471. The van der Waals surface area contributed by atoms with E-state index in [0.29, 0.717) is 0 Å². The number of ether oxygens (including phenoxy) is 1. The first-order chi connectivity index (χ1) is 10.2. The van der Waals surface area contributed by atoms with E-state index < -0.39 is 0 Å². The zero-order valence-corrected chi connectivity index (χ0v) is 13.0. The Hall–Kier alpha value is -1.81. The summed E-state index contributed by atoms with van der Waals surface area (Å²) in [4.78, 5) is 6.93. The van der Waals surface area contributed by atoms with Crippen LogP contribution in [0, 0.1) is 6.92 Å². The molecule has 112 valence electrons. The van der Waals surface area contributed by atoms with Gasteiger partial charge in [0, 0.05) is 48.8 Å². The Kier molecular flexibility index (Phi) is 3.97. The molecule has 1 fully saturated rings. The minimum atomic E-state index is 0.131. The molecule has 2 heterocycles. The number of fused-ring (bicyclic) bond motifs is 1. The molecule has 4 heteroatoms. The van der Waals surface area contributed by atoms with Gasteiger partial charge >= 0.3 is 0 Å². The fourth-order valence-corrected chi connectivity index (χ4v) is 2.91. The Labute approximate surface area is 126 Å². The SMILES string of the molecule is Cc1cnc(OC(C)C)c2cccc(N3CCNCC3)c12. The third kappa shape index (κ3) is 2.81. The van der Waals surface area contributed by atoms with Crippen LogP contribution in [0.5, 0.6) is 5.88 Å². The summed E-state index contributed by atoms with van der Waals surface area (Å²) >= 11 is 0. The van der Waals surface area contributed by atoms with E-state index in [2.05, 4.69) is 40.3 Å². The average molecular weight is 285 g/mol. The van der Waals surface area contributed by atoms with Crippen molar-refractivity contribution in [1.29, 1.82) is 0 Å². The molecule has 0 radical (unpaired) electrons. The van der Waals surface area contributed by atoms with Crippen molar-refractivity contribution in [3.05, 3.63) is 30.0 Å². The number of hydrogen-bond donors (Lipinski definition) is 1. The predicted octanol–water partition coefficient (Wildman–Crippen LogP) is 2.74. The van der Waals surface area contributed by atoms with E-state index in [9.17, 15) is 0 Å². The van der Waals surface area contributed by atoms with Gasteiger partial charge in [0.05, 0.1) is 6.10 Å². The molecule has 4 nitrogen and oxygen atoms in total. The first-order valence-electron chi connectivity index (χ1n) is 7.67. The molecule has 21 heavy (non-hydrogen) atoms. The Morgan fingerprint density at radius 3 is 2.71 bits per heavy atom. The molecule has 0 aliphatic carbocycles. The largest absolute Gasteiger partial charge is 0.475 e. The Morgan fingerprint density at radius 1 is 1.24 bits per heavy atom. The molecule has 3 rings (SSSR count). The second-order valence-corrected chi connectivity index (χ2v) is 5.85. The van der Waals surface area contributed by atoms with Gasteiger partial charge in [0.15, 0.2) is 0 Å². The second kappa shape index (κ2) is 5.90. The van der Waals surface area contributed by atoms with Crippen LogP contribution in [-0.4, -0.2) is 37.3 Å². The van der Waals surface area contributed by atoms with E-state index in [4.69, 9.17) is 4.74 Å². The standard InChI is InChI=1S/C17H23N3O/c1-12(2)21-17-14-5-4-6-15(16(14)13(3)11-19-17)20-9-7-18-8-10-20/h4-6,11-12,18H,7-10H2,1-3H3. The van der Waals surface area contributed by atoms with Gasteiger partial charge in [-0.2, -0.15) is 0 Å². The summed E-state index contributed by atoms with van der Waals surface area (Å²) in [5.41, 5.74) is 2.50. The van der Waals surface area contributed by atoms with Gasteiger partial charge in [-0.25, -0.2) is 4.98 Å². The summed E-state index contributed by atoms with van der Waals surface area (Å²) < 4.78 is 5.88. The highest BCUT2D eigenvalue weighted by molar-refractivity contribution is 5.99. The molecule has 1 aliphatic rings. The summed E-state index contributed by atoms with van der Waals surface area (Å²) in [7, 11) is 0. The molecule has 1 saturated heterocycles. The van der Waals surface area contributed by atoms with E-state index in [1.807, 2.05) is 20.0 Å². The monoisotopic (exact) mass is 285 g/mol. The van der Waals surface area contributed by atoms with Crippen LogP contribution in [0.4, 0.5) is 5.69 Å². The number of pyridine rings is 1. The van der Waals surface area contributed by atoms with Gasteiger partial charge in [-0.05, 0) is 38.5 Å². The van der Waals surface area contributed by atoms with Crippen LogP contribution in [0.15, 0.2) is 24.4 Å². The third-order valence-corrected chi connectivity index (χ3v) is 3.85. The Morgan fingerprint density at radius 2 is 2.00 bits per heavy atom. The number of piperazine rings is 1. The number of benzene rings is 1. The summed E-state index contributed by atoms with van der Waals surface area (Å²) in [5.74, 6) is 0.739. The van der Waals surface area contributed by atoms with Crippen LogP contribution in [0.25, 0.3) is 10.8 Å². The van der Waals surface area contributed by atoms with E-state index in [1.54, 1.807) is 0 Å². The number of aryl methyl sites for hydroxylation is 1. The smallest absolute Gasteiger partial charge is 0.221 e. The van der Waals surface area contributed by atoms with Crippen molar-refractivity contribution < 1.29 is 4.74 Å². The van der Waals surface area contributed by atoms with Crippen LogP contribution in [0.1, 0.15) is 19.4 Å². The highest BCUT2D eigenvalue weighted by Crippen LogP contribution is 2.34. The van der Waals surface area contributed by atoms with Crippen molar-refractivity contribution in [2.75, 3.05) is 31.1 Å². The maximum absolute atomic E-state index is 5.88. The number of nitrogens with one attached hydrogen (secondary N) is 1. The van der Waals surface area contributed by atoms with Crippen LogP contribution in [0.3, 0.4) is 0 Å². The van der Waals surface area contributed by atoms with Gasteiger partial charge in [0.1, 0.15) is 0 Å². The molecule has 1 aliphatic heterocycles. The summed E-state index contributed by atoms with van der Waals surface area (Å²) in [5, 5.41) is 5.79. The predicted molar refractivity (Wildman–Crippen MR) is 87.3 cm³/mol. The van der Waals surface area contributed by atoms with Crippen molar-refractivity contribution in [3.63, 3.8) is 0 Å². The lowest BCUT2D eigenvalue weighted by Gasteiger charge is -2.31. The van der Waals surface area contributed by atoms with E-state index in [-0.39, 0.29) is 6.10 Å². The maximum Gasteiger partial charge on any atom is 0.221 e. The van der Waals surface area contributed by atoms with Crippen molar-refractivity contribution in [1.82, 2.24) is 10.3 Å².